The lowest BCUT2D eigenvalue weighted by molar-refractivity contribution is -0.150. The van der Waals surface area contributed by atoms with Gasteiger partial charge in [-0.15, -0.1) is 0 Å². The number of rotatable bonds is 8. The molecule has 0 bridgehead atoms. The minimum atomic E-state index is -1.28. The molecule has 1 heterocycles. The van der Waals surface area contributed by atoms with E-state index in [1.165, 1.54) is 33.2 Å². The van der Waals surface area contributed by atoms with Gasteiger partial charge in [0.2, 0.25) is 0 Å². The Morgan fingerprint density at radius 3 is 2.00 bits per heavy atom. The van der Waals surface area contributed by atoms with Gasteiger partial charge in [0, 0.05) is 24.4 Å². The number of amides is 1. The molecule has 0 saturated heterocycles. The number of hydrogen-bond donors (Lipinski definition) is 2. The van der Waals surface area contributed by atoms with Crippen LogP contribution in [0.5, 0.6) is 11.5 Å². The average molecular weight is 506 g/mol. The van der Waals surface area contributed by atoms with Crippen molar-refractivity contribution in [3.8, 4) is 11.5 Å². The minimum Gasteiger partial charge on any atom is -0.503 e. The second kappa shape index (κ2) is 11.1. The molecule has 2 N–H and O–H groups in total. The number of halogens is 4. The van der Waals surface area contributed by atoms with E-state index in [9.17, 15) is 32.3 Å². The van der Waals surface area contributed by atoms with Crippen molar-refractivity contribution in [1.29, 1.82) is 0 Å². The van der Waals surface area contributed by atoms with Crippen molar-refractivity contribution < 1.29 is 41.7 Å². The second-order valence-electron chi connectivity index (χ2n) is 7.86. The fourth-order valence-electron chi connectivity index (χ4n) is 3.63. The van der Waals surface area contributed by atoms with Crippen LogP contribution >= 0.6 is 0 Å². The third kappa shape index (κ3) is 5.73. The van der Waals surface area contributed by atoms with Gasteiger partial charge in [0.25, 0.3) is 5.91 Å². The van der Waals surface area contributed by atoms with E-state index in [-0.39, 0.29) is 16.9 Å². The van der Waals surface area contributed by atoms with Crippen LogP contribution in [0.2, 0.25) is 0 Å². The Morgan fingerprint density at radius 1 is 0.944 bits per heavy atom. The van der Waals surface area contributed by atoms with Gasteiger partial charge in [-0.25, -0.2) is 27.3 Å². The van der Waals surface area contributed by atoms with E-state index in [0.29, 0.717) is 12.1 Å². The van der Waals surface area contributed by atoms with Crippen molar-refractivity contribution in [1.82, 2.24) is 10.3 Å². The maximum atomic E-state index is 14.6. The zero-order valence-corrected chi connectivity index (χ0v) is 19.4. The fraction of sp³-hybridized carbons (Fsp3) is 0.240. The van der Waals surface area contributed by atoms with Gasteiger partial charge >= 0.3 is 5.97 Å². The van der Waals surface area contributed by atoms with Crippen molar-refractivity contribution in [2.75, 3.05) is 7.11 Å². The SMILES string of the molecule is COc1ccnc(C(=O)N[C@@H](C)C(=O)O[C@@H](C)C(c2ccc(F)cc2F)c2ccc(F)cc2F)c1O. The number of hydrogen-bond acceptors (Lipinski definition) is 6. The summed E-state index contributed by atoms with van der Waals surface area (Å²) in [5, 5.41) is 12.4. The van der Waals surface area contributed by atoms with Crippen LogP contribution in [-0.2, 0) is 9.53 Å². The highest BCUT2D eigenvalue weighted by Crippen LogP contribution is 2.34. The monoisotopic (exact) mass is 506 g/mol. The lowest BCUT2D eigenvalue weighted by Gasteiger charge is -2.27. The summed E-state index contributed by atoms with van der Waals surface area (Å²) < 4.78 is 66.5. The normalized spacial score (nSPS) is 12.7. The molecule has 0 spiro atoms. The van der Waals surface area contributed by atoms with Gasteiger partial charge in [-0.05, 0) is 37.1 Å². The van der Waals surface area contributed by atoms with Crippen LogP contribution in [-0.4, -0.2) is 41.2 Å². The third-order valence-corrected chi connectivity index (χ3v) is 5.39. The van der Waals surface area contributed by atoms with E-state index >= 15 is 0 Å². The quantitative estimate of drug-likeness (QED) is 0.351. The van der Waals surface area contributed by atoms with Crippen LogP contribution in [0.3, 0.4) is 0 Å². The average Bonchev–Trinajstić information content (AvgIpc) is 2.81. The van der Waals surface area contributed by atoms with Gasteiger partial charge in [0.1, 0.15) is 35.4 Å². The number of nitrogens with one attached hydrogen (secondary N) is 1. The summed E-state index contributed by atoms with van der Waals surface area (Å²) in [7, 11) is 1.28. The molecule has 1 amide bonds. The zero-order chi connectivity index (χ0) is 26.6. The molecule has 7 nitrogen and oxygen atoms in total. The van der Waals surface area contributed by atoms with Gasteiger partial charge in [-0.3, -0.25) is 4.79 Å². The Kier molecular flexibility index (Phi) is 8.13. The minimum absolute atomic E-state index is 0.00973. The van der Waals surface area contributed by atoms with Crippen molar-refractivity contribution in [3.05, 3.63) is 88.8 Å². The maximum absolute atomic E-state index is 14.6. The van der Waals surface area contributed by atoms with E-state index < -0.39 is 64.7 Å². The van der Waals surface area contributed by atoms with Crippen molar-refractivity contribution in [3.63, 3.8) is 0 Å². The van der Waals surface area contributed by atoms with Crippen molar-refractivity contribution >= 4 is 11.9 Å². The highest BCUT2D eigenvalue weighted by atomic mass is 19.1. The summed E-state index contributed by atoms with van der Waals surface area (Å²) >= 11 is 0. The van der Waals surface area contributed by atoms with E-state index in [1.807, 2.05) is 0 Å². The van der Waals surface area contributed by atoms with E-state index in [1.54, 1.807) is 0 Å². The smallest absolute Gasteiger partial charge is 0.328 e. The Morgan fingerprint density at radius 2 is 1.50 bits per heavy atom. The number of ether oxygens (including phenoxy) is 2. The van der Waals surface area contributed by atoms with Crippen molar-refractivity contribution in [2.24, 2.45) is 0 Å². The first-order valence-electron chi connectivity index (χ1n) is 10.7. The molecule has 2 atom stereocenters. The number of carbonyl (C=O) groups excluding carboxylic acids is 2. The molecule has 0 saturated carbocycles. The fourth-order valence-corrected chi connectivity index (χ4v) is 3.63. The molecule has 0 aliphatic heterocycles. The van der Waals surface area contributed by atoms with E-state index in [4.69, 9.17) is 9.47 Å². The first-order chi connectivity index (χ1) is 17.0. The molecule has 0 unspecified atom stereocenters. The van der Waals surface area contributed by atoms with Crippen LogP contribution < -0.4 is 10.1 Å². The van der Waals surface area contributed by atoms with Crippen LogP contribution in [0.4, 0.5) is 17.6 Å². The van der Waals surface area contributed by atoms with Gasteiger partial charge in [-0.1, -0.05) is 12.1 Å². The summed E-state index contributed by atoms with van der Waals surface area (Å²) in [6.45, 7) is 2.63. The van der Waals surface area contributed by atoms with Gasteiger partial charge in [0.05, 0.1) is 13.0 Å². The number of aromatic hydroxyl groups is 1. The molecule has 3 rings (SSSR count). The van der Waals surface area contributed by atoms with Crippen LogP contribution in [0, 0.1) is 23.3 Å². The highest BCUT2D eigenvalue weighted by molar-refractivity contribution is 5.97. The molecule has 0 aliphatic rings. The molecule has 1 aromatic heterocycles. The van der Waals surface area contributed by atoms with Crippen LogP contribution in [0.25, 0.3) is 0 Å². The standard InChI is InChI=1S/C25H22F4N2O5/c1-12(31-24(33)22-23(32)20(35-3)8-9-30-22)25(34)36-13(2)21(16-6-4-14(26)10-18(16)28)17-7-5-15(27)11-19(17)29/h4-13,21,32H,1-3H3,(H,31,33)/t12-,13-/m0/s1. The number of methoxy groups -OCH3 is 1. The predicted molar refractivity (Wildman–Crippen MR) is 119 cm³/mol. The summed E-state index contributed by atoms with van der Waals surface area (Å²) in [6, 6.07) is 5.30. The lowest BCUT2D eigenvalue weighted by Crippen LogP contribution is -2.41. The molecular weight excluding hydrogens is 484 g/mol. The second-order valence-corrected chi connectivity index (χ2v) is 7.86. The number of carbonyl (C=O) groups is 2. The Balaban J connectivity index is 1.84. The number of esters is 1. The number of pyridine rings is 1. The maximum Gasteiger partial charge on any atom is 0.328 e. The number of benzene rings is 2. The zero-order valence-electron chi connectivity index (χ0n) is 19.4. The molecule has 0 fully saturated rings. The van der Waals surface area contributed by atoms with E-state index in [2.05, 4.69) is 10.3 Å². The number of nitrogens with zero attached hydrogens (tertiary/aromatic N) is 1. The highest BCUT2D eigenvalue weighted by Gasteiger charge is 2.32. The Bertz CT molecular complexity index is 1240. The topological polar surface area (TPSA) is 97.8 Å². The molecule has 36 heavy (non-hydrogen) atoms. The van der Waals surface area contributed by atoms with Crippen LogP contribution in [0.1, 0.15) is 41.4 Å². The summed E-state index contributed by atoms with van der Waals surface area (Å²) in [5.41, 5.74) is -0.782. The summed E-state index contributed by atoms with van der Waals surface area (Å²) in [6.07, 6.45) is -0.0162. The third-order valence-electron chi connectivity index (χ3n) is 5.39. The predicted octanol–water partition coefficient (Wildman–Crippen LogP) is 4.23. The molecular formula is C25H22F4N2O5. The first-order valence-corrected chi connectivity index (χ1v) is 10.7. The molecule has 0 aliphatic carbocycles. The molecule has 3 aromatic rings. The molecule has 11 heteroatoms. The van der Waals surface area contributed by atoms with Gasteiger partial charge < -0.3 is 19.9 Å². The van der Waals surface area contributed by atoms with E-state index in [0.717, 1.165) is 24.3 Å². The lowest BCUT2D eigenvalue weighted by atomic mass is 9.86. The Labute approximate surface area is 203 Å². The summed E-state index contributed by atoms with van der Waals surface area (Å²) in [5.74, 6) is -7.49. The molecule has 190 valence electrons. The number of aromatic nitrogens is 1. The van der Waals surface area contributed by atoms with Crippen LogP contribution in [0.15, 0.2) is 48.7 Å². The Hall–Kier alpha value is -4.15. The van der Waals surface area contributed by atoms with Gasteiger partial charge in [0.15, 0.2) is 17.2 Å². The molecule has 2 aromatic carbocycles. The first kappa shape index (κ1) is 26.5. The van der Waals surface area contributed by atoms with Crippen molar-refractivity contribution in [2.45, 2.75) is 31.9 Å². The van der Waals surface area contributed by atoms with Gasteiger partial charge in [-0.2, -0.15) is 0 Å². The summed E-state index contributed by atoms with van der Waals surface area (Å²) in [4.78, 5) is 29.0. The molecule has 0 radical (unpaired) electrons. The largest absolute Gasteiger partial charge is 0.503 e.